The van der Waals surface area contributed by atoms with E-state index in [2.05, 4.69) is 37.0 Å². The van der Waals surface area contributed by atoms with Crippen LogP contribution in [0, 0.1) is 6.92 Å². The molecule has 0 aliphatic heterocycles. The Morgan fingerprint density at radius 2 is 2.00 bits per heavy atom. The molecular formula is C9H9P. The number of hydrogen-bond donors (Lipinski definition) is 0. The fraction of sp³-hybridized carbons (Fsp3) is 0.111. The van der Waals surface area contributed by atoms with Crippen LogP contribution in [0.4, 0.5) is 0 Å². The van der Waals surface area contributed by atoms with Crippen LogP contribution < -0.4 is 0 Å². The Morgan fingerprint density at radius 1 is 1.20 bits per heavy atom. The van der Waals surface area contributed by atoms with E-state index in [0.717, 1.165) is 8.19 Å². The zero-order chi connectivity index (χ0) is 6.97. The number of aryl methyl sites for hydroxylation is 1. The maximum Gasteiger partial charge on any atom is -0.00155 e. The van der Waals surface area contributed by atoms with Gasteiger partial charge in [0.25, 0.3) is 0 Å². The van der Waals surface area contributed by atoms with E-state index < -0.39 is 0 Å². The Hall–Kier alpha value is -0.740. The molecule has 0 aliphatic rings. The van der Waals surface area contributed by atoms with Crippen molar-refractivity contribution in [2.45, 2.75) is 6.92 Å². The summed E-state index contributed by atoms with van der Waals surface area (Å²) in [4.78, 5) is 0. The molecule has 0 spiro atoms. The van der Waals surface area contributed by atoms with E-state index >= 15 is 0 Å². The van der Waals surface area contributed by atoms with Gasteiger partial charge in [-0.05, 0) is 28.8 Å². The minimum Gasteiger partial charge on any atom is -0.131 e. The van der Waals surface area contributed by atoms with Crippen molar-refractivity contribution in [3.8, 4) is 0 Å². The van der Waals surface area contributed by atoms with Gasteiger partial charge in [0, 0.05) is 0 Å². The Kier molecular flexibility index (Phi) is 1.28. The standard InChI is InChI=1S/C9H9P/c1-7-6-10-9-5-3-2-4-8(7)9/h2-6,10H,1H3. The predicted molar refractivity (Wildman–Crippen MR) is 48.2 cm³/mol. The Bertz CT molecular complexity index is 346. The van der Waals surface area contributed by atoms with Gasteiger partial charge in [-0.25, -0.2) is 0 Å². The molecule has 2 rings (SSSR count). The SMILES string of the molecule is Cc1c[pH]c2ccccc12. The average Bonchev–Trinajstić information content (AvgIpc) is 2.34. The van der Waals surface area contributed by atoms with Gasteiger partial charge >= 0.3 is 0 Å². The minimum atomic E-state index is 0.898. The third kappa shape index (κ3) is 0.767. The van der Waals surface area contributed by atoms with E-state index in [1.54, 1.807) is 0 Å². The Balaban J connectivity index is 2.93. The van der Waals surface area contributed by atoms with Gasteiger partial charge in [-0.2, -0.15) is 0 Å². The number of benzene rings is 1. The summed E-state index contributed by atoms with van der Waals surface area (Å²) in [6.45, 7) is 2.18. The number of rotatable bonds is 0. The first kappa shape index (κ1) is 6.00. The highest BCUT2D eigenvalue weighted by Crippen LogP contribution is 2.28. The normalized spacial score (nSPS) is 11.3. The minimum absolute atomic E-state index is 0.898. The molecule has 1 atom stereocenters. The zero-order valence-corrected chi connectivity index (χ0v) is 6.89. The molecule has 2 aromatic rings. The van der Waals surface area contributed by atoms with Crippen LogP contribution in [0.15, 0.2) is 30.1 Å². The molecule has 0 radical (unpaired) electrons. The van der Waals surface area contributed by atoms with E-state index in [1.807, 2.05) is 0 Å². The van der Waals surface area contributed by atoms with Gasteiger partial charge < -0.3 is 0 Å². The summed E-state index contributed by atoms with van der Waals surface area (Å²) in [5, 5.41) is 2.95. The highest BCUT2D eigenvalue weighted by Gasteiger charge is 1.94. The molecule has 50 valence electrons. The molecule has 10 heavy (non-hydrogen) atoms. The zero-order valence-electron chi connectivity index (χ0n) is 5.89. The summed E-state index contributed by atoms with van der Waals surface area (Å²) in [7, 11) is 0.898. The molecule has 0 fully saturated rings. The predicted octanol–water partition coefficient (Wildman–Crippen LogP) is 3.18. The topological polar surface area (TPSA) is 0 Å². The quantitative estimate of drug-likeness (QED) is 0.538. The monoisotopic (exact) mass is 148 g/mol. The van der Waals surface area contributed by atoms with Crippen LogP contribution in [-0.4, -0.2) is 0 Å². The maximum atomic E-state index is 2.31. The van der Waals surface area contributed by atoms with Crippen molar-refractivity contribution in [1.82, 2.24) is 0 Å². The Labute approximate surface area is 62.0 Å². The first-order chi connectivity index (χ1) is 4.88. The fourth-order valence-corrected chi connectivity index (χ4v) is 2.37. The molecule has 0 N–H and O–H groups in total. The molecule has 1 aromatic heterocycles. The summed E-state index contributed by atoms with van der Waals surface area (Å²) >= 11 is 0. The molecular weight excluding hydrogens is 139 g/mol. The van der Waals surface area contributed by atoms with Gasteiger partial charge in [0.2, 0.25) is 0 Å². The summed E-state index contributed by atoms with van der Waals surface area (Å²) in [6.07, 6.45) is 0. The van der Waals surface area contributed by atoms with Crippen LogP contribution in [0.3, 0.4) is 0 Å². The average molecular weight is 148 g/mol. The molecule has 1 heteroatoms. The highest BCUT2D eigenvalue weighted by molar-refractivity contribution is 7.36. The van der Waals surface area contributed by atoms with Gasteiger partial charge in [-0.1, -0.05) is 24.3 Å². The van der Waals surface area contributed by atoms with E-state index in [-0.39, 0.29) is 0 Å². The first-order valence-corrected chi connectivity index (χ1v) is 4.48. The lowest BCUT2D eigenvalue weighted by Gasteiger charge is -1.87. The van der Waals surface area contributed by atoms with Gasteiger partial charge in [0.1, 0.15) is 0 Å². The van der Waals surface area contributed by atoms with E-state index in [4.69, 9.17) is 0 Å². The first-order valence-electron chi connectivity index (χ1n) is 3.40. The van der Waals surface area contributed by atoms with Crippen molar-refractivity contribution in [2.24, 2.45) is 0 Å². The largest absolute Gasteiger partial charge is 0.131 e. The van der Waals surface area contributed by atoms with Crippen LogP contribution in [0.25, 0.3) is 10.5 Å². The van der Waals surface area contributed by atoms with E-state index in [9.17, 15) is 0 Å². The van der Waals surface area contributed by atoms with Gasteiger partial charge in [0.15, 0.2) is 0 Å². The molecule has 1 unspecified atom stereocenters. The van der Waals surface area contributed by atoms with Crippen molar-refractivity contribution < 1.29 is 0 Å². The molecule has 1 heterocycles. The van der Waals surface area contributed by atoms with Crippen LogP contribution >= 0.6 is 8.19 Å². The molecule has 0 aliphatic carbocycles. The third-order valence-electron chi connectivity index (χ3n) is 1.80. The molecule has 0 amide bonds. The van der Waals surface area contributed by atoms with Crippen LogP contribution in [0.1, 0.15) is 5.56 Å². The molecule has 0 saturated carbocycles. The fourth-order valence-electron chi connectivity index (χ4n) is 1.22. The summed E-state index contributed by atoms with van der Waals surface area (Å²) in [5.41, 5.74) is 1.44. The Morgan fingerprint density at radius 3 is 2.80 bits per heavy atom. The lowest BCUT2D eigenvalue weighted by atomic mass is 10.2. The summed E-state index contributed by atoms with van der Waals surface area (Å²) in [5.74, 6) is 2.31. The van der Waals surface area contributed by atoms with Crippen molar-refractivity contribution in [3.05, 3.63) is 35.6 Å². The molecule has 0 bridgehead atoms. The van der Waals surface area contributed by atoms with E-state index in [1.165, 1.54) is 16.1 Å². The van der Waals surface area contributed by atoms with Crippen LogP contribution in [0.2, 0.25) is 0 Å². The molecule has 0 saturated heterocycles. The second-order valence-electron chi connectivity index (χ2n) is 2.52. The maximum absolute atomic E-state index is 2.31. The smallest absolute Gasteiger partial charge is 0.00155 e. The van der Waals surface area contributed by atoms with Gasteiger partial charge in [0.05, 0.1) is 0 Å². The lowest BCUT2D eigenvalue weighted by Crippen LogP contribution is -1.63. The van der Waals surface area contributed by atoms with Crippen molar-refractivity contribution in [1.29, 1.82) is 0 Å². The van der Waals surface area contributed by atoms with Crippen LogP contribution in [-0.2, 0) is 0 Å². The van der Waals surface area contributed by atoms with Gasteiger partial charge in [-0.15, -0.1) is 8.19 Å². The third-order valence-corrected chi connectivity index (χ3v) is 3.12. The van der Waals surface area contributed by atoms with E-state index in [0.29, 0.717) is 0 Å². The van der Waals surface area contributed by atoms with Crippen molar-refractivity contribution in [2.75, 3.05) is 0 Å². The van der Waals surface area contributed by atoms with Gasteiger partial charge in [-0.3, -0.25) is 0 Å². The number of hydrogen-bond acceptors (Lipinski definition) is 0. The summed E-state index contributed by atoms with van der Waals surface area (Å²) < 4.78 is 0. The van der Waals surface area contributed by atoms with Crippen molar-refractivity contribution >= 4 is 18.7 Å². The molecule has 1 aromatic carbocycles. The van der Waals surface area contributed by atoms with Crippen molar-refractivity contribution in [3.63, 3.8) is 0 Å². The highest BCUT2D eigenvalue weighted by atomic mass is 31.0. The summed E-state index contributed by atoms with van der Waals surface area (Å²) in [6, 6.07) is 8.62. The second kappa shape index (κ2) is 2.14. The van der Waals surface area contributed by atoms with Crippen LogP contribution in [0.5, 0.6) is 0 Å². The lowest BCUT2D eigenvalue weighted by molar-refractivity contribution is 1.60. The number of fused-ring (bicyclic) bond motifs is 1. The molecule has 0 nitrogen and oxygen atoms in total. The second-order valence-corrected chi connectivity index (χ2v) is 3.63.